The van der Waals surface area contributed by atoms with Gasteiger partial charge in [-0.3, -0.25) is 4.90 Å². The molecule has 88 valence electrons. The fraction of sp³-hybridized carbons (Fsp3) is 1.00. The first-order chi connectivity index (χ1) is 6.82. The molecule has 2 atom stereocenters. The Bertz CT molecular complexity index is 244. The lowest BCUT2D eigenvalue weighted by atomic mass is 9.95. The maximum Gasteiger partial charge on any atom is 0.117 e. The predicted molar refractivity (Wildman–Crippen MR) is 61.8 cm³/mol. The summed E-state index contributed by atoms with van der Waals surface area (Å²) in [6, 6.07) is 0.584. The molecule has 2 heterocycles. The van der Waals surface area contributed by atoms with E-state index in [1.54, 1.807) is 0 Å². The Hall–Kier alpha value is -0.120. The highest BCUT2D eigenvalue weighted by Gasteiger charge is 2.51. The van der Waals surface area contributed by atoms with E-state index in [0.717, 1.165) is 13.1 Å². The highest BCUT2D eigenvalue weighted by molar-refractivity contribution is 5.01. The lowest BCUT2D eigenvalue weighted by Crippen LogP contribution is -2.56. The van der Waals surface area contributed by atoms with Crippen LogP contribution in [0.5, 0.6) is 0 Å². The summed E-state index contributed by atoms with van der Waals surface area (Å²) in [5, 5.41) is 3.41. The topological polar surface area (TPSA) is 24.5 Å². The molecule has 1 N–H and O–H groups in total. The summed E-state index contributed by atoms with van der Waals surface area (Å²) in [5.41, 5.74) is 0.0554. The van der Waals surface area contributed by atoms with Crippen LogP contribution in [0.3, 0.4) is 0 Å². The normalized spacial score (nSPS) is 36.6. The number of hydrogen-bond acceptors (Lipinski definition) is 3. The third-order valence-corrected chi connectivity index (χ3v) is 3.47. The number of ether oxygens (including phenoxy) is 1. The molecule has 0 aromatic heterocycles. The zero-order valence-corrected chi connectivity index (χ0v) is 10.6. The highest BCUT2D eigenvalue weighted by Crippen LogP contribution is 2.39. The third kappa shape index (κ3) is 1.93. The quantitative estimate of drug-likeness (QED) is 0.660. The zero-order valence-electron chi connectivity index (χ0n) is 10.6. The second-order valence-corrected chi connectivity index (χ2v) is 6.20. The van der Waals surface area contributed by atoms with Crippen molar-refractivity contribution in [1.82, 2.24) is 10.2 Å². The second kappa shape index (κ2) is 3.44. The van der Waals surface area contributed by atoms with Gasteiger partial charge in [0.1, 0.15) is 5.72 Å². The van der Waals surface area contributed by atoms with Crippen molar-refractivity contribution in [2.24, 2.45) is 0 Å². The molecular weight excluding hydrogens is 188 g/mol. The van der Waals surface area contributed by atoms with Gasteiger partial charge in [-0.25, -0.2) is 0 Å². The summed E-state index contributed by atoms with van der Waals surface area (Å²) in [4.78, 5) is 2.55. The minimum Gasteiger partial charge on any atom is -0.355 e. The van der Waals surface area contributed by atoms with E-state index in [9.17, 15) is 0 Å². The molecule has 0 aliphatic carbocycles. The summed E-state index contributed by atoms with van der Waals surface area (Å²) in [6.45, 7) is 13.3. The summed E-state index contributed by atoms with van der Waals surface area (Å²) in [6.07, 6.45) is 1.57. The van der Waals surface area contributed by atoms with Crippen molar-refractivity contribution in [2.45, 2.75) is 64.4 Å². The molecule has 0 aromatic rings. The molecular formula is C12H24N2O. The molecule has 0 bridgehead atoms. The molecule has 2 fully saturated rings. The van der Waals surface area contributed by atoms with Gasteiger partial charge in [0.05, 0.1) is 6.10 Å². The van der Waals surface area contributed by atoms with Gasteiger partial charge in [-0.2, -0.15) is 0 Å². The lowest BCUT2D eigenvalue weighted by molar-refractivity contribution is -0.103. The van der Waals surface area contributed by atoms with Crippen molar-refractivity contribution in [3.63, 3.8) is 0 Å². The molecule has 3 heteroatoms. The third-order valence-electron chi connectivity index (χ3n) is 3.47. The van der Waals surface area contributed by atoms with E-state index in [-0.39, 0.29) is 11.3 Å². The molecule has 3 nitrogen and oxygen atoms in total. The second-order valence-electron chi connectivity index (χ2n) is 6.20. The molecule has 15 heavy (non-hydrogen) atoms. The molecule has 2 aliphatic heterocycles. The van der Waals surface area contributed by atoms with Crippen LogP contribution in [0.25, 0.3) is 0 Å². The van der Waals surface area contributed by atoms with Crippen LogP contribution in [0.15, 0.2) is 0 Å². The van der Waals surface area contributed by atoms with E-state index in [1.165, 1.54) is 6.42 Å². The zero-order chi connectivity index (χ0) is 11.3. The SMILES string of the molecule is CC(C)(C)N1[C@@H]2CCNC[C@@H]2OC1(C)C. The standard InChI is InChI=1S/C12H24N2O/c1-11(2,3)14-9-6-7-13-8-10(9)15-12(14,4)5/h9-10,13H,6-8H2,1-5H3/t9-,10+/m1/s1. The first-order valence-corrected chi connectivity index (χ1v) is 6.00. The number of nitrogens with one attached hydrogen (secondary N) is 1. The van der Waals surface area contributed by atoms with E-state index >= 15 is 0 Å². The van der Waals surface area contributed by atoms with E-state index in [0.29, 0.717) is 12.1 Å². The van der Waals surface area contributed by atoms with E-state index < -0.39 is 0 Å². The van der Waals surface area contributed by atoms with E-state index in [1.807, 2.05) is 0 Å². The van der Waals surface area contributed by atoms with Crippen LogP contribution in [-0.4, -0.2) is 41.4 Å². The Morgan fingerprint density at radius 1 is 1.33 bits per heavy atom. The maximum absolute atomic E-state index is 6.16. The van der Waals surface area contributed by atoms with Gasteiger partial charge in [-0.1, -0.05) is 0 Å². The monoisotopic (exact) mass is 212 g/mol. The van der Waals surface area contributed by atoms with Gasteiger partial charge in [0.15, 0.2) is 0 Å². The average Bonchev–Trinajstić information content (AvgIpc) is 2.32. The highest BCUT2D eigenvalue weighted by atomic mass is 16.5. The first-order valence-electron chi connectivity index (χ1n) is 6.00. The van der Waals surface area contributed by atoms with E-state index in [4.69, 9.17) is 4.74 Å². The van der Waals surface area contributed by atoms with Gasteiger partial charge in [-0.15, -0.1) is 0 Å². The van der Waals surface area contributed by atoms with E-state index in [2.05, 4.69) is 44.8 Å². The molecule has 2 saturated heterocycles. The Morgan fingerprint density at radius 3 is 2.60 bits per heavy atom. The summed E-state index contributed by atoms with van der Waals surface area (Å²) < 4.78 is 6.16. The molecule has 0 unspecified atom stereocenters. The minimum absolute atomic E-state index is 0.125. The van der Waals surface area contributed by atoms with Crippen molar-refractivity contribution in [3.05, 3.63) is 0 Å². The van der Waals surface area contributed by atoms with Crippen molar-refractivity contribution in [3.8, 4) is 0 Å². The minimum atomic E-state index is -0.125. The molecule has 2 aliphatic rings. The first kappa shape index (κ1) is 11.4. The Labute approximate surface area is 93.2 Å². The fourth-order valence-corrected chi connectivity index (χ4v) is 3.36. The smallest absolute Gasteiger partial charge is 0.117 e. The largest absolute Gasteiger partial charge is 0.355 e. The van der Waals surface area contributed by atoms with Crippen LogP contribution in [0.2, 0.25) is 0 Å². The van der Waals surface area contributed by atoms with Crippen molar-refractivity contribution in [2.75, 3.05) is 13.1 Å². The molecule has 0 radical (unpaired) electrons. The molecule has 2 rings (SSSR count). The Balaban J connectivity index is 2.26. The average molecular weight is 212 g/mol. The van der Waals surface area contributed by atoms with Crippen LogP contribution in [-0.2, 0) is 4.74 Å². The number of hydrogen-bond donors (Lipinski definition) is 1. The van der Waals surface area contributed by atoms with Gasteiger partial charge in [0.2, 0.25) is 0 Å². The predicted octanol–water partition coefficient (Wildman–Crippen LogP) is 1.58. The number of piperidine rings is 1. The molecule has 0 aromatic carbocycles. The molecule has 0 saturated carbocycles. The number of rotatable bonds is 0. The summed E-state index contributed by atoms with van der Waals surface area (Å²) in [7, 11) is 0. The van der Waals surface area contributed by atoms with Gasteiger partial charge < -0.3 is 10.1 Å². The molecule has 0 amide bonds. The van der Waals surface area contributed by atoms with Crippen molar-refractivity contribution >= 4 is 0 Å². The summed E-state index contributed by atoms with van der Waals surface area (Å²) >= 11 is 0. The number of fused-ring (bicyclic) bond motifs is 1. The lowest BCUT2D eigenvalue weighted by Gasteiger charge is -2.44. The van der Waals surface area contributed by atoms with Crippen molar-refractivity contribution < 1.29 is 4.74 Å². The fourth-order valence-electron chi connectivity index (χ4n) is 3.36. The van der Waals surface area contributed by atoms with Gasteiger partial charge in [0.25, 0.3) is 0 Å². The summed E-state index contributed by atoms with van der Waals surface area (Å²) in [5.74, 6) is 0. The Kier molecular flexibility index (Phi) is 2.61. The van der Waals surface area contributed by atoms with Crippen LogP contribution in [0.1, 0.15) is 41.0 Å². The van der Waals surface area contributed by atoms with Gasteiger partial charge in [0, 0.05) is 18.1 Å². The van der Waals surface area contributed by atoms with Crippen LogP contribution < -0.4 is 5.32 Å². The van der Waals surface area contributed by atoms with Crippen LogP contribution >= 0.6 is 0 Å². The molecule has 0 spiro atoms. The number of nitrogens with zero attached hydrogens (tertiary/aromatic N) is 1. The van der Waals surface area contributed by atoms with Gasteiger partial charge in [-0.05, 0) is 47.6 Å². The van der Waals surface area contributed by atoms with Crippen LogP contribution in [0.4, 0.5) is 0 Å². The van der Waals surface area contributed by atoms with Crippen LogP contribution in [0, 0.1) is 0 Å². The van der Waals surface area contributed by atoms with Gasteiger partial charge >= 0.3 is 0 Å². The van der Waals surface area contributed by atoms with Crippen molar-refractivity contribution in [1.29, 1.82) is 0 Å². The Morgan fingerprint density at radius 2 is 2.00 bits per heavy atom. The maximum atomic E-state index is 6.16.